The average Bonchev–Trinajstić information content (AvgIpc) is 2.99. The van der Waals surface area contributed by atoms with Gasteiger partial charge in [0, 0.05) is 37.1 Å². The molecule has 3 nitrogen and oxygen atoms in total. The van der Waals surface area contributed by atoms with Crippen LogP contribution in [0, 0.1) is 0 Å². The van der Waals surface area contributed by atoms with Crippen LogP contribution in [0.1, 0.15) is 44.5 Å². The lowest BCUT2D eigenvalue weighted by Crippen LogP contribution is -2.52. The Morgan fingerprint density at radius 2 is 2.14 bits per heavy atom. The molecule has 2 heterocycles. The molecule has 0 radical (unpaired) electrons. The van der Waals surface area contributed by atoms with Crippen LogP contribution in [-0.4, -0.2) is 55.1 Å². The van der Waals surface area contributed by atoms with Gasteiger partial charge in [0.15, 0.2) is 0 Å². The fourth-order valence-corrected chi connectivity index (χ4v) is 4.13. The molecule has 0 aliphatic carbocycles. The molecule has 1 aliphatic rings. The molecule has 4 heteroatoms. The Kier molecular flexibility index (Phi) is 7.17. The van der Waals surface area contributed by atoms with Crippen LogP contribution in [0.25, 0.3) is 0 Å². The van der Waals surface area contributed by atoms with Crippen molar-refractivity contribution in [2.75, 3.05) is 39.3 Å². The van der Waals surface area contributed by atoms with Gasteiger partial charge in [-0.2, -0.15) is 0 Å². The number of nitrogens with one attached hydrogen (secondary N) is 1. The van der Waals surface area contributed by atoms with Gasteiger partial charge in [0.05, 0.1) is 6.04 Å². The smallest absolute Gasteiger partial charge is 0.0570 e. The zero-order valence-electron chi connectivity index (χ0n) is 13.8. The fraction of sp³-hybridized carbons (Fsp3) is 0.765. The van der Waals surface area contributed by atoms with Gasteiger partial charge in [-0.1, -0.05) is 19.9 Å². The number of rotatable bonds is 8. The maximum absolute atomic E-state index is 3.56. The molecule has 1 aromatic heterocycles. The van der Waals surface area contributed by atoms with Crippen LogP contribution in [0.3, 0.4) is 0 Å². The van der Waals surface area contributed by atoms with Crippen LogP contribution in [-0.2, 0) is 0 Å². The molecule has 1 N–H and O–H groups in total. The van der Waals surface area contributed by atoms with E-state index in [1.54, 1.807) is 0 Å². The predicted molar refractivity (Wildman–Crippen MR) is 93.1 cm³/mol. The molecule has 2 unspecified atom stereocenters. The van der Waals surface area contributed by atoms with Crippen molar-refractivity contribution in [3.8, 4) is 0 Å². The highest BCUT2D eigenvalue weighted by Crippen LogP contribution is 2.27. The quantitative estimate of drug-likeness (QED) is 0.795. The van der Waals surface area contributed by atoms with Gasteiger partial charge in [-0.15, -0.1) is 11.3 Å². The van der Waals surface area contributed by atoms with Crippen molar-refractivity contribution in [1.82, 2.24) is 15.1 Å². The standard InChI is InChI=1S/C17H31N3S/c1-4-9-19(10-5-2)14-16(17-7-6-12-21-17)20-11-8-18-15(3)13-20/h6-7,12,15-16,18H,4-5,8-11,13-14H2,1-3H3. The van der Waals surface area contributed by atoms with Crippen molar-refractivity contribution in [2.24, 2.45) is 0 Å². The Bertz CT molecular complexity index is 373. The van der Waals surface area contributed by atoms with Gasteiger partial charge in [0.2, 0.25) is 0 Å². The molecule has 0 bridgehead atoms. The highest BCUT2D eigenvalue weighted by atomic mass is 32.1. The molecular formula is C17H31N3S. The zero-order valence-corrected chi connectivity index (χ0v) is 14.7. The first kappa shape index (κ1) is 16.9. The summed E-state index contributed by atoms with van der Waals surface area (Å²) in [4.78, 5) is 6.86. The van der Waals surface area contributed by atoms with Crippen molar-refractivity contribution in [2.45, 2.75) is 45.7 Å². The van der Waals surface area contributed by atoms with E-state index in [9.17, 15) is 0 Å². The maximum Gasteiger partial charge on any atom is 0.0570 e. The molecule has 0 aromatic carbocycles. The Hall–Kier alpha value is -0.420. The Labute approximate surface area is 134 Å². The van der Waals surface area contributed by atoms with Crippen molar-refractivity contribution >= 4 is 11.3 Å². The summed E-state index contributed by atoms with van der Waals surface area (Å²) >= 11 is 1.92. The molecule has 21 heavy (non-hydrogen) atoms. The first-order valence-electron chi connectivity index (χ1n) is 8.47. The van der Waals surface area contributed by atoms with Crippen molar-refractivity contribution < 1.29 is 0 Å². The van der Waals surface area contributed by atoms with Gasteiger partial charge in [-0.25, -0.2) is 0 Å². The number of piperazine rings is 1. The van der Waals surface area contributed by atoms with E-state index >= 15 is 0 Å². The van der Waals surface area contributed by atoms with Crippen LogP contribution < -0.4 is 5.32 Å². The average molecular weight is 310 g/mol. The van der Waals surface area contributed by atoms with Gasteiger partial charge in [0.1, 0.15) is 0 Å². The molecule has 1 saturated heterocycles. The van der Waals surface area contributed by atoms with Crippen molar-refractivity contribution in [1.29, 1.82) is 0 Å². The Morgan fingerprint density at radius 3 is 2.71 bits per heavy atom. The lowest BCUT2D eigenvalue weighted by molar-refractivity contribution is 0.110. The van der Waals surface area contributed by atoms with Gasteiger partial charge in [0.25, 0.3) is 0 Å². The van der Waals surface area contributed by atoms with Gasteiger partial charge in [-0.3, -0.25) is 4.90 Å². The van der Waals surface area contributed by atoms with Gasteiger partial charge in [-0.05, 0) is 44.3 Å². The van der Waals surface area contributed by atoms with Crippen LogP contribution in [0.4, 0.5) is 0 Å². The largest absolute Gasteiger partial charge is 0.312 e. The SMILES string of the molecule is CCCN(CCC)CC(c1cccs1)N1CCNC(C)C1. The van der Waals surface area contributed by atoms with E-state index < -0.39 is 0 Å². The van der Waals surface area contributed by atoms with Crippen LogP contribution in [0.2, 0.25) is 0 Å². The Balaban J connectivity index is 2.08. The summed E-state index contributed by atoms with van der Waals surface area (Å²) in [6, 6.07) is 5.68. The summed E-state index contributed by atoms with van der Waals surface area (Å²) in [5.74, 6) is 0. The summed E-state index contributed by atoms with van der Waals surface area (Å²) < 4.78 is 0. The minimum atomic E-state index is 0.563. The van der Waals surface area contributed by atoms with Gasteiger partial charge >= 0.3 is 0 Å². The van der Waals surface area contributed by atoms with Crippen molar-refractivity contribution in [3.63, 3.8) is 0 Å². The predicted octanol–water partition coefficient (Wildman–Crippen LogP) is 3.20. The fourth-order valence-electron chi connectivity index (χ4n) is 3.28. The molecule has 1 aliphatic heterocycles. The third-order valence-corrected chi connectivity index (χ3v) is 5.20. The van der Waals surface area contributed by atoms with Gasteiger partial charge < -0.3 is 10.2 Å². The van der Waals surface area contributed by atoms with E-state index in [4.69, 9.17) is 0 Å². The summed E-state index contributed by atoms with van der Waals surface area (Å²) in [7, 11) is 0. The van der Waals surface area contributed by atoms with E-state index in [0.29, 0.717) is 12.1 Å². The van der Waals surface area contributed by atoms with Crippen molar-refractivity contribution in [3.05, 3.63) is 22.4 Å². The molecule has 1 fully saturated rings. The molecule has 120 valence electrons. The monoisotopic (exact) mass is 309 g/mol. The van der Waals surface area contributed by atoms with E-state index in [0.717, 1.165) is 13.1 Å². The minimum absolute atomic E-state index is 0.563. The minimum Gasteiger partial charge on any atom is -0.312 e. The lowest BCUT2D eigenvalue weighted by atomic mass is 10.1. The number of hydrogen-bond acceptors (Lipinski definition) is 4. The number of thiophene rings is 1. The zero-order chi connectivity index (χ0) is 15.1. The van der Waals surface area contributed by atoms with E-state index in [1.165, 1.54) is 43.9 Å². The van der Waals surface area contributed by atoms with E-state index in [-0.39, 0.29) is 0 Å². The first-order valence-corrected chi connectivity index (χ1v) is 9.35. The summed E-state index contributed by atoms with van der Waals surface area (Å²) in [6.07, 6.45) is 2.49. The summed E-state index contributed by atoms with van der Waals surface area (Å²) in [6.45, 7) is 13.9. The number of hydrogen-bond donors (Lipinski definition) is 1. The first-order chi connectivity index (χ1) is 10.2. The highest BCUT2D eigenvalue weighted by molar-refractivity contribution is 7.10. The third kappa shape index (κ3) is 5.06. The lowest BCUT2D eigenvalue weighted by Gasteiger charge is -2.39. The molecule has 1 aromatic rings. The molecule has 2 atom stereocenters. The maximum atomic E-state index is 3.56. The van der Waals surface area contributed by atoms with E-state index in [2.05, 4.69) is 53.4 Å². The normalized spacial score (nSPS) is 21.8. The van der Waals surface area contributed by atoms with Crippen LogP contribution in [0.15, 0.2) is 17.5 Å². The third-order valence-electron chi connectivity index (χ3n) is 4.22. The second kappa shape index (κ2) is 8.89. The summed E-state index contributed by atoms with van der Waals surface area (Å²) in [5.41, 5.74) is 0. The molecular weight excluding hydrogens is 278 g/mol. The topological polar surface area (TPSA) is 18.5 Å². The van der Waals surface area contributed by atoms with E-state index in [1.807, 2.05) is 11.3 Å². The second-order valence-corrected chi connectivity index (χ2v) is 7.16. The number of nitrogens with zero attached hydrogens (tertiary/aromatic N) is 2. The highest BCUT2D eigenvalue weighted by Gasteiger charge is 2.27. The van der Waals surface area contributed by atoms with Crippen LogP contribution in [0.5, 0.6) is 0 Å². The Morgan fingerprint density at radius 1 is 1.38 bits per heavy atom. The molecule has 2 rings (SSSR count). The molecule has 0 saturated carbocycles. The second-order valence-electron chi connectivity index (χ2n) is 6.18. The van der Waals surface area contributed by atoms with Crippen LogP contribution >= 0.6 is 11.3 Å². The molecule has 0 amide bonds. The molecule has 0 spiro atoms. The summed E-state index contributed by atoms with van der Waals surface area (Å²) in [5, 5.41) is 5.78.